The fourth-order valence-corrected chi connectivity index (χ4v) is 3.85. The van der Waals surface area contributed by atoms with Gasteiger partial charge in [0.2, 0.25) is 0 Å². The van der Waals surface area contributed by atoms with Crippen LogP contribution in [-0.2, 0) is 23.9 Å². The first-order valence-electron chi connectivity index (χ1n) is 12.2. The molecule has 5 unspecified atom stereocenters. The lowest BCUT2D eigenvalue weighted by molar-refractivity contribution is -0.161. The van der Waals surface area contributed by atoms with Gasteiger partial charge in [-0.2, -0.15) is 0 Å². The van der Waals surface area contributed by atoms with Crippen LogP contribution in [0, 0.1) is 5.41 Å². The third-order valence-corrected chi connectivity index (χ3v) is 6.10. The van der Waals surface area contributed by atoms with E-state index in [0.717, 1.165) is 11.1 Å². The third-order valence-electron chi connectivity index (χ3n) is 6.10. The highest BCUT2D eigenvalue weighted by Gasteiger charge is 2.40. The van der Waals surface area contributed by atoms with Gasteiger partial charge in [0.15, 0.2) is 11.9 Å². The second-order valence-corrected chi connectivity index (χ2v) is 9.72. The summed E-state index contributed by atoms with van der Waals surface area (Å²) in [4.78, 5) is 37.1. The van der Waals surface area contributed by atoms with E-state index >= 15 is 0 Å². The van der Waals surface area contributed by atoms with Crippen molar-refractivity contribution in [2.45, 2.75) is 84.4 Å². The number of rotatable bonds is 13. The Morgan fingerprint density at radius 1 is 1.08 bits per heavy atom. The molecule has 1 rings (SSSR count). The van der Waals surface area contributed by atoms with Crippen LogP contribution in [-0.4, -0.2) is 87.0 Å². The highest BCUT2D eigenvalue weighted by Crippen LogP contribution is 2.40. The molecule has 1 aliphatic rings. The zero-order valence-corrected chi connectivity index (χ0v) is 22.1. The van der Waals surface area contributed by atoms with Crippen molar-refractivity contribution < 1.29 is 49.4 Å². The molecule has 5 atom stereocenters. The number of carbonyl (C=O) groups is 3. The van der Waals surface area contributed by atoms with Gasteiger partial charge in [0.25, 0.3) is 0 Å². The molecule has 0 saturated heterocycles. The molecule has 10 nitrogen and oxygen atoms in total. The summed E-state index contributed by atoms with van der Waals surface area (Å²) in [5.41, 5.74) is 1.94. The lowest BCUT2D eigenvalue weighted by Gasteiger charge is -2.36. The summed E-state index contributed by atoms with van der Waals surface area (Å²) in [5.74, 6) is -1.93. The van der Waals surface area contributed by atoms with Crippen molar-refractivity contribution in [1.29, 1.82) is 0 Å². The Hall–Kier alpha value is -2.63. The van der Waals surface area contributed by atoms with Crippen LogP contribution >= 0.6 is 0 Å². The molecule has 0 aromatic rings. The number of aliphatic hydroxyl groups is 5. The fourth-order valence-electron chi connectivity index (χ4n) is 3.85. The number of ether oxygens (including phenoxy) is 2. The molecule has 0 spiro atoms. The maximum Gasteiger partial charge on any atom is 0.307 e. The van der Waals surface area contributed by atoms with Crippen molar-refractivity contribution in [2.75, 3.05) is 13.2 Å². The summed E-state index contributed by atoms with van der Waals surface area (Å²) >= 11 is 0. The SMILES string of the molecule is CC=CC=C(C)C=CC1=C(C)C(=O)C(OC(=O)CCC(=O)OCC(O)C(O)C(O)C(O)CO)CC1(C)C. The summed E-state index contributed by atoms with van der Waals surface area (Å²) in [6.45, 7) is 7.95. The average Bonchev–Trinajstić information content (AvgIpc) is 2.85. The maximum atomic E-state index is 12.9. The minimum absolute atomic E-state index is 0.281. The van der Waals surface area contributed by atoms with Crippen molar-refractivity contribution in [3.63, 3.8) is 0 Å². The third kappa shape index (κ3) is 9.98. The second kappa shape index (κ2) is 14.9. The molecule has 5 N–H and O–H groups in total. The largest absolute Gasteiger partial charge is 0.463 e. The summed E-state index contributed by atoms with van der Waals surface area (Å²) in [6.07, 6.45) is 1.04. The summed E-state index contributed by atoms with van der Waals surface area (Å²) < 4.78 is 10.2. The number of esters is 2. The van der Waals surface area contributed by atoms with Gasteiger partial charge in [-0.25, -0.2) is 0 Å². The lowest BCUT2D eigenvalue weighted by atomic mass is 9.71. The molecular weight excluding hydrogens is 484 g/mol. The molecule has 0 fully saturated rings. The molecule has 0 heterocycles. The Morgan fingerprint density at radius 3 is 2.27 bits per heavy atom. The van der Waals surface area contributed by atoms with Crippen LogP contribution in [0.15, 0.2) is 47.1 Å². The Kier molecular flexibility index (Phi) is 13.1. The van der Waals surface area contributed by atoms with E-state index in [1.807, 2.05) is 58.1 Å². The fraction of sp³-hybridized carbons (Fsp3) is 0.593. The number of hydrogen-bond acceptors (Lipinski definition) is 10. The molecule has 0 aromatic carbocycles. The van der Waals surface area contributed by atoms with Gasteiger partial charge in [-0.05, 0) is 37.3 Å². The first-order valence-corrected chi connectivity index (χ1v) is 12.2. The molecule has 0 radical (unpaired) electrons. The van der Waals surface area contributed by atoms with Crippen LogP contribution in [0.3, 0.4) is 0 Å². The zero-order chi connectivity index (χ0) is 28.3. The van der Waals surface area contributed by atoms with Crippen LogP contribution in [0.25, 0.3) is 0 Å². The van der Waals surface area contributed by atoms with Gasteiger partial charge in [-0.3, -0.25) is 14.4 Å². The number of ketones is 1. The quantitative estimate of drug-likeness (QED) is 0.173. The van der Waals surface area contributed by atoms with E-state index in [1.54, 1.807) is 6.92 Å². The predicted octanol–water partition coefficient (Wildman–Crippen LogP) is 1.05. The molecule has 0 aliphatic heterocycles. The van der Waals surface area contributed by atoms with Gasteiger partial charge in [0, 0.05) is 6.42 Å². The minimum Gasteiger partial charge on any atom is -0.463 e. The standard InChI is InChI=1S/C27H40O10/c1-6-7-8-16(2)9-10-18-17(3)24(33)21(13-27(18,4)5)37-23(32)12-11-22(31)36-15-20(30)26(35)25(34)19(29)14-28/h6-10,19-21,25-26,28-30,34-35H,11-15H2,1-5H3. The Balaban J connectivity index is 2.66. The van der Waals surface area contributed by atoms with Gasteiger partial charge in [0.1, 0.15) is 31.0 Å². The molecule has 37 heavy (non-hydrogen) atoms. The van der Waals surface area contributed by atoms with Crippen molar-refractivity contribution in [3.8, 4) is 0 Å². The number of allylic oxidation sites excluding steroid dienone is 7. The molecule has 1 aliphatic carbocycles. The molecule has 0 saturated carbocycles. The lowest BCUT2D eigenvalue weighted by Crippen LogP contribution is -2.47. The van der Waals surface area contributed by atoms with Crippen LogP contribution in [0.2, 0.25) is 0 Å². The van der Waals surface area contributed by atoms with E-state index in [4.69, 9.17) is 14.6 Å². The number of Topliss-reactive ketones (excluding diaryl/α,β-unsaturated/α-hetero) is 1. The van der Waals surface area contributed by atoms with Crippen molar-refractivity contribution in [2.24, 2.45) is 5.41 Å². The smallest absolute Gasteiger partial charge is 0.307 e. The highest BCUT2D eigenvalue weighted by atomic mass is 16.6. The predicted molar refractivity (Wildman–Crippen MR) is 135 cm³/mol. The number of carbonyl (C=O) groups excluding carboxylic acids is 3. The Labute approximate surface area is 217 Å². The second-order valence-electron chi connectivity index (χ2n) is 9.72. The molecule has 0 aromatic heterocycles. The minimum atomic E-state index is -1.87. The normalized spacial score (nSPS) is 21.7. The van der Waals surface area contributed by atoms with Crippen LogP contribution in [0.5, 0.6) is 0 Å². The van der Waals surface area contributed by atoms with E-state index in [-0.39, 0.29) is 18.6 Å². The first-order chi connectivity index (χ1) is 17.2. The summed E-state index contributed by atoms with van der Waals surface area (Å²) in [7, 11) is 0. The van der Waals surface area contributed by atoms with Crippen LogP contribution in [0.4, 0.5) is 0 Å². The topological polar surface area (TPSA) is 171 Å². The molecule has 0 bridgehead atoms. The zero-order valence-electron chi connectivity index (χ0n) is 22.1. The monoisotopic (exact) mass is 524 g/mol. The van der Waals surface area contributed by atoms with E-state index < -0.39 is 67.5 Å². The van der Waals surface area contributed by atoms with Crippen LogP contribution < -0.4 is 0 Å². The van der Waals surface area contributed by atoms with E-state index in [9.17, 15) is 34.8 Å². The van der Waals surface area contributed by atoms with E-state index in [1.165, 1.54) is 0 Å². The van der Waals surface area contributed by atoms with E-state index in [2.05, 4.69) is 0 Å². The van der Waals surface area contributed by atoms with Crippen molar-refractivity contribution in [3.05, 3.63) is 47.1 Å². The van der Waals surface area contributed by atoms with Gasteiger partial charge in [0.05, 0.1) is 19.4 Å². The first kappa shape index (κ1) is 32.4. The van der Waals surface area contributed by atoms with Crippen molar-refractivity contribution >= 4 is 17.7 Å². The average molecular weight is 525 g/mol. The Bertz CT molecular complexity index is 927. The Morgan fingerprint density at radius 2 is 1.68 bits per heavy atom. The number of hydrogen-bond donors (Lipinski definition) is 5. The van der Waals surface area contributed by atoms with Gasteiger partial charge >= 0.3 is 11.9 Å². The van der Waals surface area contributed by atoms with Crippen molar-refractivity contribution in [1.82, 2.24) is 0 Å². The summed E-state index contributed by atoms with van der Waals surface area (Å²) in [6, 6.07) is 0. The van der Waals surface area contributed by atoms with E-state index in [0.29, 0.717) is 5.57 Å². The van der Waals surface area contributed by atoms with Gasteiger partial charge < -0.3 is 35.0 Å². The molecule has 10 heteroatoms. The molecule has 0 amide bonds. The maximum absolute atomic E-state index is 12.9. The number of aliphatic hydroxyl groups excluding tert-OH is 5. The van der Waals surface area contributed by atoms with Gasteiger partial charge in [-0.1, -0.05) is 49.8 Å². The highest BCUT2D eigenvalue weighted by molar-refractivity contribution is 6.01. The van der Waals surface area contributed by atoms with Gasteiger partial charge in [-0.15, -0.1) is 0 Å². The molecular formula is C27H40O10. The molecule has 208 valence electrons. The summed E-state index contributed by atoms with van der Waals surface area (Å²) in [5, 5.41) is 47.1. The van der Waals surface area contributed by atoms with Crippen LogP contribution in [0.1, 0.15) is 53.9 Å².